The van der Waals surface area contributed by atoms with Gasteiger partial charge in [-0.2, -0.15) is 0 Å². The summed E-state index contributed by atoms with van der Waals surface area (Å²) in [6, 6.07) is 0.696. The van der Waals surface area contributed by atoms with Crippen molar-refractivity contribution >= 4 is 0 Å². The summed E-state index contributed by atoms with van der Waals surface area (Å²) in [5, 5.41) is 3.48. The van der Waals surface area contributed by atoms with Gasteiger partial charge in [-0.15, -0.1) is 0 Å². The van der Waals surface area contributed by atoms with Crippen LogP contribution in [0.25, 0.3) is 0 Å². The van der Waals surface area contributed by atoms with Gasteiger partial charge in [-0.1, -0.05) is 12.8 Å². The van der Waals surface area contributed by atoms with Crippen LogP contribution in [0.1, 0.15) is 45.4 Å². The molecule has 82 valence electrons. The standard InChI is InChI=1S/C12H23NO/c1-10-6-7-12(8-13-10)14-9-11-4-2-3-5-11/h10-13H,2-9H2,1H3. The Morgan fingerprint density at radius 2 is 1.93 bits per heavy atom. The first-order valence-electron chi connectivity index (χ1n) is 6.19. The lowest BCUT2D eigenvalue weighted by Gasteiger charge is -2.28. The SMILES string of the molecule is CC1CCC(OCC2CCCC2)CN1. The van der Waals surface area contributed by atoms with Crippen molar-refractivity contribution in [3.63, 3.8) is 0 Å². The molecule has 2 unspecified atom stereocenters. The predicted octanol–water partition coefficient (Wildman–Crippen LogP) is 2.33. The van der Waals surface area contributed by atoms with Gasteiger partial charge in [0.1, 0.15) is 0 Å². The van der Waals surface area contributed by atoms with E-state index in [1.807, 2.05) is 0 Å². The second-order valence-corrected chi connectivity index (χ2v) is 4.99. The monoisotopic (exact) mass is 197 g/mol. The summed E-state index contributed by atoms with van der Waals surface area (Å²) in [5.41, 5.74) is 0. The van der Waals surface area contributed by atoms with E-state index in [1.165, 1.54) is 38.5 Å². The highest BCUT2D eigenvalue weighted by atomic mass is 16.5. The van der Waals surface area contributed by atoms with Crippen LogP contribution in [0.4, 0.5) is 0 Å². The molecular formula is C12H23NO. The van der Waals surface area contributed by atoms with Gasteiger partial charge in [-0.3, -0.25) is 0 Å². The topological polar surface area (TPSA) is 21.3 Å². The van der Waals surface area contributed by atoms with Crippen LogP contribution in [-0.4, -0.2) is 25.3 Å². The van der Waals surface area contributed by atoms with E-state index < -0.39 is 0 Å². The third-order valence-electron chi connectivity index (χ3n) is 3.66. The summed E-state index contributed by atoms with van der Waals surface area (Å²) < 4.78 is 5.95. The maximum atomic E-state index is 5.95. The fourth-order valence-electron chi connectivity index (χ4n) is 2.56. The summed E-state index contributed by atoms with van der Waals surface area (Å²) in [6.07, 6.45) is 8.66. The van der Waals surface area contributed by atoms with E-state index in [4.69, 9.17) is 4.74 Å². The number of ether oxygens (including phenoxy) is 1. The Bertz CT molecular complexity index is 158. The molecule has 1 saturated carbocycles. The molecule has 0 radical (unpaired) electrons. The maximum absolute atomic E-state index is 5.95. The van der Waals surface area contributed by atoms with Crippen LogP contribution in [0.2, 0.25) is 0 Å². The first kappa shape index (κ1) is 10.4. The van der Waals surface area contributed by atoms with Crippen molar-refractivity contribution < 1.29 is 4.74 Å². The van der Waals surface area contributed by atoms with Gasteiger partial charge >= 0.3 is 0 Å². The molecule has 0 aromatic rings. The van der Waals surface area contributed by atoms with Crippen LogP contribution in [0.5, 0.6) is 0 Å². The first-order chi connectivity index (χ1) is 6.84. The van der Waals surface area contributed by atoms with E-state index in [1.54, 1.807) is 0 Å². The van der Waals surface area contributed by atoms with Gasteiger partial charge in [-0.25, -0.2) is 0 Å². The van der Waals surface area contributed by atoms with Gasteiger partial charge in [0.05, 0.1) is 6.10 Å². The Hall–Kier alpha value is -0.0800. The minimum absolute atomic E-state index is 0.492. The molecule has 0 aromatic heterocycles. The number of rotatable bonds is 3. The number of hydrogen-bond donors (Lipinski definition) is 1. The van der Waals surface area contributed by atoms with E-state index in [0.717, 1.165) is 19.1 Å². The summed E-state index contributed by atoms with van der Waals surface area (Å²) in [6.45, 7) is 4.34. The summed E-state index contributed by atoms with van der Waals surface area (Å²) in [4.78, 5) is 0. The van der Waals surface area contributed by atoms with Gasteiger partial charge < -0.3 is 10.1 Å². The van der Waals surface area contributed by atoms with E-state index >= 15 is 0 Å². The van der Waals surface area contributed by atoms with Crippen molar-refractivity contribution in [2.24, 2.45) is 5.92 Å². The second-order valence-electron chi connectivity index (χ2n) is 4.99. The van der Waals surface area contributed by atoms with Gasteiger partial charge in [0.2, 0.25) is 0 Å². The lowest BCUT2D eigenvalue weighted by atomic mass is 10.0. The average molecular weight is 197 g/mol. The smallest absolute Gasteiger partial charge is 0.0700 e. The number of nitrogens with one attached hydrogen (secondary N) is 1. The largest absolute Gasteiger partial charge is 0.377 e. The molecule has 0 bridgehead atoms. The summed E-state index contributed by atoms with van der Waals surface area (Å²) in [7, 11) is 0. The van der Waals surface area contributed by atoms with E-state index in [9.17, 15) is 0 Å². The molecule has 1 heterocycles. The molecule has 1 saturated heterocycles. The molecule has 0 amide bonds. The van der Waals surface area contributed by atoms with Gasteiger partial charge in [0, 0.05) is 19.2 Å². The summed E-state index contributed by atoms with van der Waals surface area (Å²) >= 11 is 0. The van der Waals surface area contributed by atoms with Gasteiger partial charge in [-0.05, 0) is 38.5 Å². The highest BCUT2D eigenvalue weighted by Gasteiger charge is 2.20. The third-order valence-corrected chi connectivity index (χ3v) is 3.66. The molecule has 1 aliphatic heterocycles. The van der Waals surface area contributed by atoms with Crippen molar-refractivity contribution in [1.29, 1.82) is 0 Å². The minimum Gasteiger partial charge on any atom is -0.377 e. The molecule has 1 aliphatic carbocycles. The van der Waals surface area contributed by atoms with Crippen LogP contribution < -0.4 is 5.32 Å². The third kappa shape index (κ3) is 2.96. The Balaban J connectivity index is 1.60. The quantitative estimate of drug-likeness (QED) is 0.750. The van der Waals surface area contributed by atoms with Gasteiger partial charge in [0.15, 0.2) is 0 Å². The zero-order chi connectivity index (χ0) is 9.80. The Morgan fingerprint density at radius 3 is 2.57 bits per heavy atom. The Kier molecular flexibility index (Phi) is 3.82. The van der Waals surface area contributed by atoms with Crippen LogP contribution >= 0.6 is 0 Å². The summed E-state index contributed by atoms with van der Waals surface area (Å²) in [5.74, 6) is 0.870. The Labute approximate surface area is 87.4 Å². The van der Waals surface area contributed by atoms with E-state index in [2.05, 4.69) is 12.2 Å². The molecule has 0 aromatic carbocycles. The minimum atomic E-state index is 0.492. The second kappa shape index (κ2) is 5.13. The molecule has 0 spiro atoms. The average Bonchev–Trinajstić information content (AvgIpc) is 2.70. The van der Waals surface area contributed by atoms with E-state index in [-0.39, 0.29) is 0 Å². The van der Waals surface area contributed by atoms with Crippen molar-refractivity contribution in [3.8, 4) is 0 Å². The lowest BCUT2D eigenvalue weighted by molar-refractivity contribution is 0.0114. The normalized spacial score (nSPS) is 34.9. The first-order valence-corrected chi connectivity index (χ1v) is 6.19. The highest BCUT2D eigenvalue weighted by Crippen LogP contribution is 2.25. The molecule has 1 N–H and O–H groups in total. The lowest BCUT2D eigenvalue weighted by Crippen LogP contribution is -2.41. The maximum Gasteiger partial charge on any atom is 0.0700 e. The molecular weight excluding hydrogens is 174 g/mol. The van der Waals surface area contributed by atoms with Crippen LogP contribution in [0, 0.1) is 5.92 Å². The van der Waals surface area contributed by atoms with Crippen LogP contribution in [0.3, 0.4) is 0 Å². The Morgan fingerprint density at radius 1 is 1.14 bits per heavy atom. The zero-order valence-electron chi connectivity index (χ0n) is 9.30. The molecule has 2 aliphatic rings. The molecule has 2 nitrogen and oxygen atoms in total. The fraction of sp³-hybridized carbons (Fsp3) is 1.00. The molecule has 2 atom stereocenters. The van der Waals surface area contributed by atoms with Crippen molar-refractivity contribution in [2.75, 3.05) is 13.2 Å². The zero-order valence-corrected chi connectivity index (χ0v) is 9.30. The molecule has 2 fully saturated rings. The molecule has 14 heavy (non-hydrogen) atoms. The van der Waals surface area contributed by atoms with Crippen LogP contribution in [-0.2, 0) is 4.74 Å². The van der Waals surface area contributed by atoms with E-state index in [0.29, 0.717) is 12.1 Å². The highest BCUT2D eigenvalue weighted by molar-refractivity contribution is 4.76. The van der Waals surface area contributed by atoms with Crippen LogP contribution in [0.15, 0.2) is 0 Å². The number of piperidine rings is 1. The van der Waals surface area contributed by atoms with Crippen molar-refractivity contribution in [3.05, 3.63) is 0 Å². The van der Waals surface area contributed by atoms with Gasteiger partial charge in [0.25, 0.3) is 0 Å². The van der Waals surface area contributed by atoms with Crippen molar-refractivity contribution in [2.45, 2.75) is 57.6 Å². The molecule has 2 heteroatoms. The fourth-order valence-corrected chi connectivity index (χ4v) is 2.56. The predicted molar refractivity (Wildman–Crippen MR) is 58.4 cm³/mol. The van der Waals surface area contributed by atoms with Crippen molar-refractivity contribution in [1.82, 2.24) is 5.32 Å². The molecule has 2 rings (SSSR count). The number of hydrogen-bond acceptors (Lipinski definition) is 2.